The van der Waals surface area contributed by atoms with E-state index in [9.17, 15) is 5.11 Å². The third kappa shape index (κ3) is 5.07. The van der Waals surface area contributed by atoms with Crippen molar-refractivity contribution in [3.05, 3.63) is 64.7 Å². The Morgan fingerprint density at radius 3 is 2.48 bits per heavy atom. The number of phenols is 1. The maximum absolute atomic E-state index is 9.28. The highest BCUT2D eigenvalue weighted by molar-refractivity contribution is 6.30. The lowest BCUT2D eigenvalue weighted by Gasteiger charge is -2.20. The summed E-state index contributed by atoms with van der Waals surface area (Å²) in [4.78, 5) is 0. The fraction of sp³-hybridized carbons (Fsp3) is 0.333. The molecule has 1 unspecified atom stereocenters. The van der Waals surface area contributed by atoms with Gasteiger partial charge in [-0.25, -0.2) is 0 Å². The van der Waals surface area contributed by atoms with Crippen molar-refractivity contribution in [3.8, 4) is 5.75 Å². The molecule has 0 saturated heterocycles. The van der Waals surface area contributed by atoms with Crippen LogP contribution in [0.1, 0.15) is 37.4 Å². The molecule has 0 aromatic heterocycles. The van der Waals surface area contributed by atoms with Gasteiger partial charge >= 0.3 is 0 Å². The van der Waals surface area contributed by atoms with Gasteiger partial charge in [-0.2, -0.15) is 0 Å². The lowest BCUT2D eigenvalue weighted by molar-refractivity contribution is 0.456. The third-order valence-electron chi connectivity index (χ3n) is 3.69. The van der Waals surface area contributed by atoms with Crippen LogP contribution >= 0.6 is 11.6 Å². The third-order valence-corrected chi connectivity index (χ3v) is 3.92. The number of nitrogens with one attached hydrogen (secondary N) is 1. The van der Waals surface area contributed by atoms with E-state index in [0.29, 0.717) is 11.8 Å². The zero-order valence-corrected chi connectivity index (χ0v) is 13.3. The number of halogens is 1. The summed E-state index contributed by atoms with van der Waals surface area (Å²) >= 11 is 6.03. The van der Waals surface area contributed by atoms with Crippen molar-refractivity contribution in [1.29, 1.82) is 0 Å². The van der Waals surface area contributed by atoms with Gasteiger partial charge in [0.15, 0.2) is 0 Å². The molecule has 0 radical (unpaired) electrons. The Bertz CT molecular complexity index is 568. The molecule has 2 aromatic rings. The molecule has 2 N–H and O–H groups in total. The van der Waals surface area contributed by atoms with Crippen molar-refractivity contribution < 1.29 is 5.11 Å². The summed E-state index contributed by atoms with van der Waals surface area (Å²) in [7, 11) is 0. The van der Waals surface area contributed by atoms with Crippen LogP contribution in [0.3, 0.4) is 0 Å². The van der Waals surface area contributed by atoms with E-state index in [4.69, 9.17) is 11.6 Å². The number of aromatic hydroxyl groups is 1. The highest BCUT2D eigenvalue weighted by atomic mass is 35.5. The largest absolute Gasteiger partial charge is 0.508 e. The SMILES string of the molecule is CC(CCc1ccc(O)cc1)N[C@H](C)c1cccc(Cl)c1. The van der Waals surface area contributed by atoms with E-state index in [2.05, 4.69) is 25.2 Å². The second-order valence-corrected chi connectivity index (χ2v) is 5.99. The number of benzene rings is 2. The number of phenolic OH excluding ortho intramolecular Hbond substituents is 1. The van der Waals surface area contributed by atoms with Gasteiger partial charge in [-0.3, -0.25) is 0 Å². The molecule has 21 heavy (non-hydrogen) atoms. The van der Waals surface area contributed by atoms with E-state index in [1.54, 1.807) is 12.1 Å². The van der Waals surface area contributed by atoms with Crippen LogP contribution in [0.4, 0.5) is 0 Å². The summed E-state index contributed by atoms with van der Waals surface area (Å²) in [5.41, 5.74) is 2.45. The van der Waals surface area contributed by atoms with E-state index in [0.717, 1.165) is 17.9 Å². The predicted molar refractivity (Wildman–Crippen MR) is 88.9 cm³/mol. The molecule has 3 heteroatoms. The molecule has 0 heterocycles. The summed E-state index contributed by atoms with van der Waals surface area (Å²) in [6.45, 7) is 4.35. The van der Waals surface area contributed by atoms with E-state index >= 15 is 0 Å². The standard InChI is InChI=1S/C18H22ClNO/c1-13(6-7-15-8-10-18(21)11-9-15)20-14(2)16-4-3-5-17(19)12-16/h3-5,8-14,20-21H,6-7H2,1-2H3/t13?,14-/m1/s1. The molecule has 0 bridgehead atoms. The molecule has 2 aromatic carbocycles. The number of rotatable bonds is 6. The lowest BCUT2D eigenvalue weighted by Crippen LogP contribution is -2.29. The zero-order valence-electron chi connectivity index (χ0n) is 12.5. The second-order valence-electron chi connectivity index (χ2n) is 5.55. The van der Waals surface area contributed by atoms with Crippen molar-refractivity contribution >= 4 is 11.6 Å². The first-order chi connectivity index (χ1) is 10.0. The van der Waals surface area contributed by atoms with E-state index in [1.807, 2.05) is 30.3 Å². The molecule has 112 valence electrons. The van der Waals surface area contributed by atoms with Crippen molar-refractivity contribution in [2.75, 3.05) is 0 Å². The average Bonchev–Trinajstić information content (AvgIpc) is 2.46. The highest BCUT2D eigenvalue weighted by Gasteiger charge is 2.10. The fourth-order valence-corrected chi connectivity index (χ4v) is 2.63. The Balaban J connectivity index is 1.83. The molecular weight excluding hydrogens is 282 g/mol. The van der Waals surface area contributed by atoms with Crippen molar-refractivity contribution in [2.24, 2.45) is 0 Å². The van der Waals surface area contributed by atoms with Crippen LogP contribution in [-0.4, -0.2) is 11.1 Å². The van der Waals surface area contributed by atoms with E-state index in [-0.39, 0.29) is 6.04 Å². The van der Waals surface area contributed by atoms with Crippen LogP contribution in [0.25, 0.3) is 0 Å². The first-order valence-corrected chi connectivity index (χ1v) is 7.72. The molecule has 0 aliphatic carbocycles. The Morgan fingerprint density at radius 2 is 1.81 bits per heavy atom. The minimum Gasteiger partial charge on any atom is -0.508 e. The van der Waals surface area contributed by atoms with Gasteiger partial charge in [0, 0.05) is 17.1 Å². The van der Waals surface area contributed by atoms with Gasteiger partial charge in [0.2, 0.25) is 0 Å². The summed E-state index contributed by atoms with van der Waals surface area (Å²) in [6, 6.07) is 16.1. The molecule has 2 nitrogen and oxygen atoms in total. The summed E-state index contributed by atoms with van der Waals surface area (Å²) in [5, 5.41) is 13.7. The first-order valence-electron chi connectivity index (χ1n) is 7.34. The summed E-state index contributed by atoms with van der Waals surface area (Å²) < 4.78 is 0. The van der Waals surface area contributed by atoms with Gasteiger partial charge < -0.3 is 10.4 Å². The van der Waals surface area contributed by atoms with Gasteiger partial charge in [0.25, 0.3) is 0 Å². The van der Waals surface area contributed by atoms with Gasteiger partial charge in [0.05, 0.1) is 0 Å². The Hall–Kier alpha value is -1.51. The molecule has 0 aliphatic heterocycles. The molecule has 0 amide bonds. The molecule has 2 atom stereocenters. The minimum atomic E-state index is 0.276. The van der Waals surface area contributed by atoms with Crippen LogP contribution in [0, 0.1) is 0 Å². The summed E-state index contributed by atoms with van der Waals surface area (Å²) in [6.07, 6.45) is 2.05. The smallest absolute Gasteiger partial charge is 0.115 e. The molecule has 2 rings (SSSR count). The topological polar surface area (TPSA) is 32.3 Å². The molecule has 0 fully saturated rings. The minimum absolute atomic E-state index is 0.276. The van der Waals surface area contributed by atoms with Gasteiger partial charge in [0.1, 0.15) is 5.75 Å². The molecule has 0 aliphatic rings. The Kier molecular flexibility index (Phi) is 5.66. The van der Waals surface area contributed by atoms with Crippen molar-refractivity contribution in [1.82, 2.24) is 5.32 Å². The normalized spacial score (nSPS) is 13.9. The number of hydrogen-bond donors (Lipinski definition) is 2. The van der Waals surface area contributed by atoms with E-state index < -0.39 is 0 Å². The van der Waals surface area contributed by atoms with E-state index in [1.165, 1.54) is 11.1 Å². The van der Waals surface area contributed by atoms with Crippen molar-refractivity contribution in [3.63, 3.8) is 0 Å². The fourth-order valence-electron chi connectivity index (χ4n) is 2.43. The quantitative estimate of drug-likeness (QED) is 0.809. The highest BCUT2D eigenvalue weighted by Crippen LogP contribution is 2.19. The van der Waals surface area contributed by atoms with Gasteiger partial charge in [-0.15, -0.1) is 0 Å². The molecule has 0 spiro atoms. The number of aryl methyl sites for hydroxylation is 1. The Morgan fingerprint density at radius 1 is 1.10 bits per heavy atom. The van der Waals surface area contributed by atoms with Crippen LogP contribution in [-0.2, 0) is 6.42 Å². The summed E-state index contributed by atoms with van der Waals surface area (Å²) in [5.74, 6) is 0.319. The zero-order chi connectivity index (χ0) is 15.2. The van der Waals surface area contributed by atoms with Gasteiger partial charge in [-0.1, -0.05) is 35.9 Å². The Labute approximate surface area is 131 Å². The van der Waals surface area contributed by atoms with Crippen molar-refractivity contribution in [2.45, 2.75) is 38.8 Å². The van der Waals surface area contributed by atoms with Crippen LogP contribution in [0.15, 0.2) is 48.5 Å². The lowest BCUT2D eigenvalue weighted by atomic mass is 10.0. The van der Waals surface area contributed by atoms with Gasteiger partial charge in [-0.05, 0) is 62.1 Å². The maximum atomic E-state index is 9.28. The molecular formula is C18H22ClNO. The first kappa shape index (κ1) is 15.9. The molecule has 0 saturated carbocycles. The second kappa shape index (κ2) is 7.48. The van der Waals surface area contributed by atoms with Crippen LogP contribution in [0.2, 0.25) is 5.02 Å². The van der Waals surface area contributed by atoms with Crippen LogP contribution in [0.5, 0.6) is 5.75 Å². The predicted octanol–water partition coefficient (Wildman–Crippen LogP) is 4.72. The monoisotopic (exact) mass is 303 g/mol. The van der Waals surface area contributed by atoms with Crippen LogP contribution < -0.4 is 5.32 Å². The average molecular weight is 304 g/mol. The maximum Gasteiger partial charge on any atom is 0.115 e. The number of hydrogen-bond acceptors (Lipinski definition) is 2.